The van der Waals surface area contributed by atoms with Gasteiger partial charge in [-0.1, -0.05) is 6.92 Å². The van der Waals surface area contributed by atoms with Crippen LogP contribution < -0.4 is 5.32 Å². The average Bonchev–Trinajstić information content (AvgIpc) is 1.77. The third-order valence-electron chi connectivity index (χ3n) is 2.18. The van der Waals surface area contributed by atoms with Gasteiger partial charge in [0.1, 0.15) is 9.84 Å². The zero-order valence-electron chi connectivity index (χ0n) is 7.05. The van der Waals surface area contributed by atoms with Crippen LogP contribution >= 0.6 is 0 Å². The Bertz CT molecular complexity index is 229. The van der Waals surface area contributed by atoms with Crippen LogP contribution in [0, 0.1) is 5.41 Å². The van der Waals surface area contributed by atoms with Crippen molar-refractivity contribution in [2.75, 3.05) is 25.1 Å². The molecule has 3 nitrogen and oxygen atoms in total. The Morgan fingerprint density at radius 1 is 1.45 bits per heavy atom. The topological polar surface area (TPSA) is 46.2 Å². The lowest BCUT2D eigenvalue weighted by Gasteiger charge is -2.39. The minimum absolute atomic E-state index is 0.239. The Balaban J connectivity index is 2.33. The van der Waals surface area contributed by atoms with Gasteiger partial charge >= 0.3 is 0 Å². The van der Waals surface area contributed by atoms with Crippen LogP contribution in [0.25, 0.3) is 0 Å². The fourth-order valence-electron chi connectivity index (χ4n) is 1.16. The van der Waals surface area contributed by atoms with Crippen molar-refractivity contribution < 1.29 is 8.42 Å². The maximum absolute atomic E-state index is 10.8. The summed E-state index contributed by atoms with van der Waals surface area (Å²) in [7, 11) is -2.76. The molecule has 0 aliphatic carbocycles. The third-order valence-corrected chi connectivity index (χ3v) is 3.13. The fourth-order valence-corrected chi connectivity index (χ4v) is 2.02. The second-order valence-corrected chi connectivity index (χ2v) is 6.05. The van der Waals surface area contributed by atoms with Crippen LogP contribution in [0.15, 0.2) is 0 Å². The van der Waals surface area contributed by atoms with Gasteiger partial charge in [0, 0.05) is 19.3 Å². The molecule has 0 saturated carbocycles. The van der Waals surface area contributed by atoms with E-state index in [9.17, 15) is 8.42 Å². The summed E-state index contributed by atoms with van der Waals surface area (Å²) < 4.78 is 21.6. The number of rotatable bonds is 3. The Morgan fingerprint density at radius 3 is 2.27 bits per heavy atom. The highest BCUT2D eigenvalue weighted by molar-refractivity contribution is 7.90. The van der Waals surface area contributed by atoms with E-state index in [0.29, 0.717) is 5.75 Å². The van der Waals surface area contributed by atoms with E-state index in [0.717, 1.165) is 19.5 Å². The van der Waals surface area contributed by atoms with Crippen LogP contribution in [0.1, 0.15) is 13.3 Å². The normalized spacial score (nSPS) is 22.7. The molecule has 4 heteroatoms. The highest BCUT2D eigenvalue weighted by atomic mass is 32.2. The largest absolute Gasteiger partial charge is 0.316 e. The summed E-state index contributed by atoms with van der Waals surface area (Å²) in [4.78, 5) is 0. The smallest absolute Gasteiger partial charge is 0.147 e. The molecule has 0 aromatic rings. The molecule has 1 fully saturated rings. The van der Waals surface area contributed by atoms with E-state index >= 15 is 0 Å². The Kier molecular flexibility index (Phi) is 2.25. The number of hydrogen-bond acceptors (Lipinski definition) is 3. The van der Waals surface area contributed by atoms with Crippen molar-refractivity contribution in [1.29, 1.82) is 0 Å². The van der Waals surface area contributed by atoms with E-state index in [-0.39, 0.29) is 5.41 Å². The van der Waals surface area contributed by atoms with Crippen molar-refractivity contribution in [2.45, 2.75) is 13.3 Å². The van der Waals surface area contributed by atoms with Crippen LogP contribution in [0.5, 0.6) is 0 Å². The molecule has 0 bridgehead atoms. The minimum atomic E-state index is -2.76. The Hall–Kier alpha value is -0.0900. The summed E-state index contributed by atoms with van der Waals surface area (Å²) in [6.07, 6.45) is 2.08. The Morgan fingerprint density at radius 2 is 2.00 bits per heavy atom. The molecule has 1 saturated heterocycles. The van der Waals surface area contributed by atoms with Crippen LogP contribution in [-0.4, -0.2) is 33.5 Å². The molecule has 1 heterocycles. The van der Waals surface area contributed by atoms with Crippen molar-refractivity contribution in [1.82, 2.24) is 5.32 Å². The molecule has 1 rings (SSSR count). The van der Waals surface area contributed by atoms with Gasteiger partial charge in [0.2, 0.25) is 0 Å². The summed E-state index contributed by atoms with van der Waals surface area (Å²) in [5.74, 6) is 0.325. The van der Waals surface area contributed by atoms with E-state index in [1.807, 2.05) is 0 Å². The van der Waals surface area contributed by atoms with Gasteiger partial charge in [-0.05, 0) is 11.8 Å². The van der Waals surface area contributed by atoms with Crippen molar-refractivity contribution in [2.24, 2.45) is 5.41 Å². The van der Waals surface area contributed by atoms with Crippen LogP contribution in [-0.2, 0) is 9.84 Å². The average molecular weight is 177 g/mol. The summed E-state index contributed by atoms with van der Waals surface area (Å²) in [6, 6.07) is 0. The van der Waals surface area contributed by atoms with Gasteiger partial charge in [0.05, 0.1) is 5.75 Å². The first-order valence-corrected chi connectivity index (χ1v) is 5.86. The summed E-state index contributed by atoms with van der Waals surface area (Å²) in [5.41, 5.74) is 0.239. The standard InChI is InChI=1S/C7H15NO2S/c1-7(5-8-6-7)3-4-11(2,9)10/h8H,3-6H2,1-2H3. The van der Waals surface area contributed by atoms with Gasteiger partial charge in [0.25, 0.3) is 0 Å². The molecule has 0 amide bonds. The molecule has 11 heavy (non-hydrogen) atoms. The molecule has 0 unspecified atom stereocenters. The van der Waals surface area contributed by atoms with Gasteiger partial charge in [-0.15, -0.1) is 0 Å². The quantitative estimate of drug-likeness (QED) is 0.661. The van der Waals surface area contributed by atoms with Crippen LogP contribution in [0.2, 0.25) is 0 Å². The molecule has 0 aromatic carbocycles. The van der Waals surface area contributed by atoms with E-state index in [2.05, 4.69) is 12.2 Å². The van der Waals surface area contributed by atoms with Gasteiger partial charge in [-0.3, -0.25) is 0 Å². The van der Waals surface area contributed by atoms with Crippen LogP contribution in [0.4, 0.5) is 0 Å². The summed E-state index contributed by atoms with van der Waals surface area (Å²) >= 11 is 0. The Labute approximate surface area is 68.1 Å². The zero-order valence-corrected chi connectivity index (χ0v) is 7.87. The van der Waals surface area contributed by atoms with E-state index in [1.54, 1.807) is 0 Å². The highest BCUT2D eigenvalue weighted by Crippen LogP contribution is 2.25. The van der Waals surface area contributed by atoms with Crippen molar-refractivity contribution in [3.63, 3.8) is 0 Å². The third kappa shape index (κ3) is 2.79. The summed E-state index contributed by atoms with van der Waals surface area (Å²) in [6.45, 7) is 4.04. The number of nitrogens with one attached hydrogen (secondary N) is 1. The highest BCUT2D eigenvalue weighted by Gasteiger charge is 2.31. The first kappa shape index (κ1) is 9.00. The zero-order chi connectivity index (χ0) is 8.54. The van der Waals surface area contributed by atoms with E-state index in [4.69, 9.17) is 0 Å². The molecule has 0 radical (unpaired) electrons. The van der Waals surface area contributed by atoms with Gasteiger partial charge in [-0.25, -0.2) is 8.42 Å². The minimum Gasteiger partial charge on any atom is -0.316 e. The molecular formula is C7H15NO2S. The second kappa shape index (κ2) is 2.75. The van der Waals surface area contributed by atoms with Gasteiger partial charge < -0.3 is 5.32 Å². The maximum Gasteiger partial charge on any atom is 0.147 e. The molecule has 0 aromatic heterocycles. The molecule has 0 spiro atoms. The van der Waals surface area contributed by atoms with Crippen molar-refractivity contribution in [3.05, 3.63) is 0 Å². The summed E-state index contributed by atoms with van der Waals surface area (Å²) in [5, 5.41) is 3.14. The fraction of sp³-hybridized carbons (Fsp3) is 1.00. The number of sulfone groups is 1. The van der Waals surface area contributed by atoms with Crippen molar-refractivity contribution >= 4 is 9.84 Å². The molecule has 1 N–H and O–H groups in total. The molecule has 1 aliphatic rings. The molecule has 1 aliphatic heterocycles. The molecule has 66 valence electrons. The molecule has 0 atom stereocenters. The lowest BCUT2D eigenvalue weighted by molar-refractivity contribution is 0.190. The lowest BCUT2D eigenvalue weighted by atomic mass is 9.82. The first-order chi connectivity index (χ1) is 4.91. The van der Waals surface area contributed by atoms with Crippen LogP contribution in [0.3, 0.4) is 0 Å². The predicted molar refractivity (Wildman–Crippen MR) is 45.3 cm³/mol. The maximum atomic E-state index is 10.8. The predicted octanol–water partition coefficient (Wildman–Crippen LogP) is 0.0306. The van der Waals surface area contributed by atoms with Gasteiger partial charge in [-0.2, -0.15) is 0 Å². The monoisotopic (exact) mass is 177 g/mol. The SMILES string of the molecule is CC1(CCS(C)(=O)=O)CNC1. The number of hydrogen-bond donors (Lipinski definition) is 1. The van der Waals surface area contributed by atoms with E-state index < -0.39 is 9.84 Å². The van der Waals surface area contributed by atoms with Gasteiger partial charge in [0.15, 0.2) is 0 Å². The second-order valence-electron chi connectivity index (χ2n) is 3.79. The van der Waals surface area contributed by atoms with E-state index in [1.165, 1.54) is 6.26 Å². The lowest BCUT2D eigenvalue weighted by Crippen LogP contribution is -2.52. The molecular weight excluding hydrogens is 162 g/mol. The first-order valence-electron chi connectivity index (χ1n) is 3.80. The van der Waals surface area contributed by atoms with Crippen molar-refractivity contribution in [3.8, 4) is 0 Å².